The van der Waals surface area contributed by atoms with Crippen LogP contribution in [-0.4, -0.2) is 0 Å². The molecule has 0 aliphatic heterocycles. The number of benzene rings is 1. The van der Waals surface area contributed by atoms with E-state index < -0.39 is 0 Å². The van der Waals surface area contributed by atoms with Gasteiger partial charge in [-0.1, -0.05) is 28.1 Å². The maximum Gasteiger partial charge on any atom is 0.0274 e. The quantitative estimate of drug-likeness (QED) is 0.884. The molecule has 1 aromatic carbocycles. The molecule has 2 N–H and O–H groups in total. The third-order valence-electron chi connectivity index (χ3n) is 2.01. The predicted molar refractivity (Wildman–Crippen MR) is 65.3 cm³/mol. The maximum absolute atomic E-state index is 5.57. The normalized spacial score (nSPS) is 10.4. The summed E-state index contributed by atoms with van der Waals surface area (Å²) in [4.78, 5) is 1.22. The standard InChI is InChI=1S/C11H10BrNS/c12-10-3-1-2-8(4-10)9-5-11(6-13)14-7-9/h1-5,7H,6,13H2. The molecular formula is C11H10BrNS. The van der Waals surface area contributed by atoms with Crippen molar-refractivity contribution in [1.29, 1.82) is 0 Å². The Balaban J connectivity index is 2.39. The van der Waals surface area contributed by atoms with E-state index in [9.17, 15) is 0 Å². The van der Waals surface area contributed by atoms with Crippen molar-refractivity contribution in [2.75, 3.05) is 0 Å². The minimum atomic E-state index is 0.624. The topological polar surface area (TPSA) is 26.0 Å². The third-order valence-corrected chi connectivity index (χ3v) is 3.47. The van der Waals surface area contributed by atoms with Gasteiger partial charge in [0.15, 0.2) is 0 Å². The molecule has 0 unspecified atom stereocenters. The number of rotatable bonds is 2. The zero-order valence-corrected chi connectivity index (χ0v) is 9.94. The smallest absolute Gasteiger partial charge is 0.0274 e. The van der Waals surface area contributed by atoms with Crippen LogP contribution in [-0.2, 0) is 6.54 Å². The van der Waals surface area contributed by atoms with Crippen molar-refractivity contribution in [2.45, 2.75) is 6.54 Å². The summed E-state index contributed by atoms with van der Waals surface area (Å²) in [6.45, 7) is 0.624. The van der Waals surface area contributed by atoms with Crippen molar-refractivity contribution >= 4 is 27.3 Å². The summed E-state index contributed by atoms with van der Waals surface area (Å²) in [5.74, 6) is 0. The first-order valence-electron chi connectivity index (χ1n) is 4.33. The van der Waals surface area contributed by atoms with Crippen molar-refractivity contribution in [1.82, 2.24) is 0 Å². The van der Waals surface area contributed by atoms with Crippen LogP contribution in [0.2, 0.25) is 0 Å². The SMILES string of the molecule is NCc1cc(-c2cccc(Br)c2)cs1. The van der Waals surface area contributed by atoms with Crippen LogP contribution in [0.5, 0.6) is 0 Å². The van der Waals surface area contributed by atoms with Crippen LogP contribution in [0.1, 0.15) is 4.88 Å². The van der Waals surface area contributed by atoms with Gasteiger partial charge in [0.2, 0.25) is 0 Å². The Morgan fingerprint density at radius 1 is 1.21 bits per heavy atom. The van der Waals surface area contributed by atoms with E-state index in [4.69, 9.17) is 5.73 Å². The second-order valence-corrected chi connectivity index (χ2v) is 4.93. The molecule has 1 nitrogen and oxygen atoms in total. The highest BCUT2D eigenvalue weighted by molar-refractivity contribution is 9.10. The van der Waals surface area contributed by atoms with E-state index in [1.54, 1.807) is 11.3 Å². The molecule has 2 rings (SSSR count). The second kappa shape index (κ2) is 4.26. The number of nitrogens with two attached hydrogens (primary N) is 1. The van der Waals surface area contributed by atoms with Gasteiger partial charge in [0.25, 0.3) is 0 Å². The van der Waals surface area contributed by atoms with Gasteiger partial charge in [0.05, 0.1) is 0 Å². The summed E-state index contributed by atoms with van der Waals surface area (Å²) < 4.78 is 1.11. The Morgan fingerprint density at radius 3 is 2.71 bits per heavy atom. The van der Waals surface area contributed by atoms with Gasteiger partial charge in [0, 0.05) is 15.9 Å². The Bertz CT molecular complexity index is 436. The molecule has 0 saturated heterocycles. The van der Waals surface area contributed by atoms with Gasteiger partial charge in [-0.05, 0) is 34.7 Å². The number of halogens is 1. The lowest BCUT2D eigenvalue weighted by Gasteiger charge is -1.97. The lowest BCUT2D eigenvalue weighted by Crippen LogP contribution is -1.91. The zero-order chi connectivity index (χ0) is 9.97. The van der Waals surface area contributed by atoms with Crippen LogP contribution in [0.15, 0.2) is 40.2 Å². The second-order valence-electron chi connectivity index (χ2n) is 3.02. The molecule has 0 amide bonds. The summed E-state index contributed by atoms with van der Waals surface area (Å²) in [5, 5.41) is 2.14. The molecule has 3 heteroatoms. The Kier molecular flexibility index (Phi) is 3.01. The maximum atomic E-state index is 5.57. The fraction of sp³-hybridized carbons (Fsp3) is 0.0909. The van der Waals surface area contributed by atoms with Crippen LogP contribution < -0.4 is 5.73 Å². The fourth-order valence-corrected chi connectivity index (χ4v) is 2.48. The molecule has 2 aromatic rings. The van der Waals surface area contributed by atoms with E-state index >= 15 is 0 Å². The molecule has 0 radical (unpaired) electrons. The third kappa shape index (κ3) is 2.05. The highest BCUT2D eigenvalue weighted by atomic mass is 79.9. The van der Waals surface area contributed by atoms with Crippen molar-refractivity contribution in [2.24, 2.45) is 5.73 Å². The van der Waals surface area contributed by atoms with E-state index in [1.807, 2.05) is 12.1 Å². The summed E-state index contributed by atoms with van der Waals surface area (Å²) in [6.07, 6.45) is 0. The highest BCUT2D eigenvalue weighted by Crippen LogP contribution is 2.27. The van der Waals surface area contributed by atoms with Gasteiger partial charge in [-0.2, -0.15) is 0 Å². The summed E-state index contributed by atoms with van der Waals surface area (Å²) >= 11 is 5.17. The average molecular weight is 268 g/mol. The van der Waals surface area contributed by atoms with E-state index in [1.165, 1.54) is 16.0 Å². The number of hydrogen-bond acceptors (Lipinski definition) is 2. The molecule has 0 aliphatic rings. The highest BCUT2D eigenvalue weighted by Gasteiger charge is 2.01. The molecule has 0 atom stereocenters. The summed E-state index contributed by atoms with van der Waals surface area (Å²) in [6, 6.07) is 10.4. The molecule has 0 fully saturated rings. The van der Waals surface area contributed by atoms with Crippen molar-refractivity contribution in [3.05, 3.63) is 45.1 Å². The molecule has 14 heavy (non-hydrogen) atoms. The Labute approximate surface area is 95.7 Å². The van der Waals surface area contributed by atoms with Crippen LogP contribution in [0.3, 0.4) is 0 Å². The van der Waals surface area contributed by atoms with E-state index in [2.05, 4.69) is 39.5 Å². The summed E-state index contributed by atoms with van der Waals surface area (Å²) in [5.41, 5.74) is 8.05. The number of thiophene rings is 1. The molecule has 0 spiro atoms. The minimum absolute atomic E-state index is 0.624. The average Bonchev–Trinajstić information content (AvgIpc) is 2.66. The van der Waals surface area contributed by atoms with Crippen molar-refractivity contribution in [3.8, 4) is 11.1 Å². The number of hydrogen-bond donors (Lipinski definition) is 1. The predicted octanol–water partition coefficient (Wildman–Crippen LogP) is 3.64. The first-order valence-corrected chi connectivity index (χ1v) is 6.00. The summed E-state index contributed by atoms with van der Waals surface area (Å²) in [7, 11) is 0. The first kappa shape index (κ1) is 9.90. The molecule has 1 aromatic heterocycles. The van der Waals surface area contributed by atoms with Crippen molar-refractivity contribution in [3.63, 3.8) is 0 Å². The van der Waals surface area contributed by atoms with Gasteiger partial charge in [-0.3, -0.25) is 0 Å². The minimum Gasteiger partial charge on any atom is -0.326 e. The zero-order valence-electron chi connectivity index (χ0n) is 7.53. The molecule has 0 bridgehead atoms. The van der Waals surface area contributed by atoms with Gasteiger partial charge in [-0.15, -0.1) is 11.3 Å². The molecule has 1 heterocycles. The largest absolute Gasteiger partial charge is 0.326 e. The van der Waals surface area contributed by atoms with Gasteiger partial charge >= 0.3 is 0 Å². The monoisotopic (exact) mass is 267 g/mol. The van der Waals surface area contributed by atoms with Gasteiger partial charge < -0.3 is 5.73 Å². The van der Waals surface area contributed by atoms with Crippen LogP contribution in [0.25, 0.3) is 11.1 Å². The van der Waals surface area contributed by atoms with Crippen molar-refractivity contribution < 1.29 is 0 Å². The van der Waals surface area contributed by atoms with E-state index in [-0.39, 0.29) is 0 Å². The Hall–Kier alpha value is -0.640. The Morgan fingerprint density at radius 2 is 2.07 bits per heavy atom. The molecular weight excluding hydrogens is 258 g/mol. The van der Waals surface area contributed by atoms with Crippen LogP contribution >= 0.6 is 27.3 Å². The molecule has 72 valence electrons. The van der Waals surface area contributed by atoms with E-state index in [0.717, 1.165) is 4.47 Å². The van der Waals surface area contributed by atoms with Crippen LogP contribution in [0.4, 0.5) is 0 Å². The molecule has 0 aliphatic carbocycles. The van der Waals surface area contributed by atoms with Gasteiger partial charge in [-0.25, -0.2) is 0 Å². The fourth-order valence-electron chi connectivity index (χ4n) is 1.31. The van der Waals surface area contributed by atoms with E-state index in [0.29, 0.717) is 6.54 Å². The molecule has 0 saturated carbocycles. The lowest BCUT2D eigenvalue weighted by molar-refractivity contribution is 1.11. The lowest BCUT2D eigenvalue weighted by atomic mass is 10.1. The van der Waals surface area contributed by atoms with Gasteiger partial charge in [0.1, 0.15) is 0 Å². The first-order chi connectivity index (χ1) is 6.79. The van der Waals surface area contributed by atoms with Crippen LogP contribution in [0, 0.1) is 0 Å².